The van der Waals surface area contributed by atoms with Crippen molar-refractivity contribution in [1.82, 2.24) is 0 Å². The minimum Gasteiger partial charge on any atom is -0.459 e. The number of aliphatic hydroxyl groups excluding tert-OH is 10. The second kappa shape index (κ2) is 27.6. The minimum absolute atomic E-state index is 0.0948. The van der Waals surface area contributed by atoms with Crippen molar-refractivity contribution < 1.29 is 82.5 Å². The number of aliphatic hydroxyl groups is 10. The average molecular weight is 879 g/mol. The Morgan fingerprint density at radius 3 is 2.28 bits per heavy atom. The summed E-state index contributed by atoms with van der Waals surface area (Å²) in [6, 6.07) is 0. The molecule has 346 valence electrons. The third-order valence-corrected chi connectivity index (χ3v) is 11.0. The van der Waals surface area contributed by atoms with E-state index in [4.69, 9.17) is 14.6 Å². The van der Waals surface area contributed by atoms with Crippen molar-refractivity contribution in [3.05, 3.63) is 60.3 Å². The van der Waals surface area contributed by atoms with E-state index < -0.39 is 109 Å². The highest BCUT2D eigenvalue weighted by atomic mass is 32.3. The molecule has 0 radical (unpaired) electrons. The van der Waals surface area contributed by atoms with E-state index in [1.54, 1.807) is 25.2 Å². The van der Waals surface area contributed by atoms with Crippen LogP contribution in [0, 0.1) is 5.92 Å². The first kappa shape index (κ1) is 53.7. The fraction of sp³-hybridized carbons (Fsp3) is 0.738. The number of hydrogen-bond acceptors (Lipinski definition) is 16. The van der Waals surface area contributed by atoms with Gasteiger partial charge in [-0.2, -0.15) is 8.42 Å². The van der Waals surface area contributed by atoms with Crippen molar-refractivity contribution >= 4 is 16.4 Å². The highest BCUT2D eigenvalue weighted by molar-refractivity contribution is 7.80. The SMILES string of the molecule is C=C(C/C(C)=C/C(O)CC(C)CC1CC/C=C\CCCC(O)/C=C/CCC(O)C(O)/C=C/C(=O)O1)CC(O)C(O)C[C@H]1O[C@@H](CC(O)CCO)[C@H](OS(=O)(=O)O)[C@H](O)[C@@H]1O. The molecule has 0 aromatic heterocycles. The lowest BCUT2D eigenvalue weighted by Crippen LogP contribution is -2.60. The van der Waals surface area contributed by atoms with Gasteiger partial charge < -0.3 is 60.5 Å². The van der Waals surface area contributed by atoms with Crippen molar-refractivity contribution in [3.63, 3.8) is 0 Å². The van der Waals surface area contributed by atoms with Crippen molar-refractivity contribution in [2.24, 2.45) is 5.92 Å². The summed E-state index contributed by atoms with van der Waals surface area (Å²) in [7, 11) is -5.12. The molecule has 0 amide bonds. The largest absolute Gasteiger partial charge is 0.459 e. The summed E-state index contributed by atoms with van der Waals surface area (Å²) in [5.41, 5.74) is 1.22. The molecule has 1 saturated heterocycles. The predicted molar refractivity (Wildman–Crippen MR) is 220 cm³/mol. The van der Waals surface area contributed by atoms with E-state index in [1.165, 1.54) is 6.08 Å². The highest BCUT2D eigenvalue weighted by Crippen LogP contribution is 2.31. The average Bonchev–Trinajstić information content (AvgIpc) is 3.14. The van der Waals surface area contributed by atoms with Gasteiger partial charge >= 0.3 is 16.4 Å². The Labute approximate surface area is 354 Å². The third-order valence-electron chi connectivity index (χ3n) is 10.5. The van der Waals surface area contributed by atoms with Crippen LogP contribution in [0.25, 0.3) is 0 Å². The molecule has 17 nitrogen and oxygen atoms in total. The Morgan fingerprint density at radius 1 is 0.917 bits per heavy atom. The van der Waals surface area contributed by atoms with E-state index in [9.17, 15) is 63.7 Å². The Bertz CT molecular complexity index is 1500. The van der Waals surface area contributed by atoms with Gasteiger partial charge in [-0.15, -0.1) is 0 Å². The fourth-order valence-corrected chi connectivity index (χ4v) is 7.90. The first-order valence-electron chi connectivity index (χ1n) is 20.8. The van der Waals surface area contributed by atoms with Crippen LogP contribution in [0.15, 0.2) is 60.3 Å². The van der Waals surface area contributed by atoms with Crippen LogP contribution in [0.5, 0.6) is 0 Å². The molecule has 2 aliphatic heterocycles. The van der Waals surface area contributed by atoms with E-state index in [1.807, 2.05) is 19.1 Å². The molecule has 2 heterocycles. The summed E-state index contributed by atoms with van der Waals surface area (Å²) < 4.78 is 47.9. The zero-order valence-electron chi connectivity index (χ0n) is 34.7. The number of rotatable bonds is 18. The monoisotopic (exact) mass is 878 g/mol. The molecule has 0 bridgehead atoms. The maximum absolute atomic E-state index is 12.7. The smallest absolute Gasteiger partial charge is 0.397 e. The van der Waals surface area contributed by atoms with Crippen LogP contribution in [-0.4, -0.2) is 156 Å². The standard InChI is InChI=1S/C42H70O17S/c1-26(19-27(2)23-35(49)36(50)25-37-40(52)41(53)42(59-60(54,55)56)38(58-37)24-30(45)17-18-43)20-31(46)21-28(3)22-32-13-8-6-4-5-7-11-29(44)12-9-10-14-33(47)34(48)15-16-39(51)57-32/h4,6,9,12,15-16,20,28-38,40-50,52-53H,2,5,7-8,10-11,13-14,17-19,21-25H2,1,3H3,(H,54,55,56)/b6-4-,12-9+,16-15+,26-20+/t28?,29?,30?,31?,32?,33?,34?,35?,36?,37-,38+,40-,41-,42+/m1/s1. The minimum atomic E-state index is -5.12. The fourth-order valence-electron chi connectivity index (χ4n) is 7.39. The summed E-state index contributed by atoms with van der Waals surface area (Å²) in [5.74, 6) is -0.760. The first-order valence-corrected chi connectivity index (χ1v) is 22.1. The quantitative estimate of drug-likeness (QED) is 0.0527. The lowest BCUT2D eigenvalue weighted by atomic mass is 9.88. The molecule has 60 heavy (non-hydrogen) atoms. The van der Waals surface area contributed by atoms with Crippen molar-refractivity contribution in [3.8, 4) is 0 Å². The topological polar surface area (TPSA) is 301 Å². The van der Waals surface area contributed by atoms with E-state index in [0.717, 1.165) is 24.5 Å². The Morgan fingerprint density at radius 2 is 1.60 bits per heavy atom. The zero-order valence-corrected chi connectivity index (χ0v) is 35.5. The van der Waals surface area contributed by atoms with Gasteiger partial charge in [0.15, 0.2) is 0 Å². The van der Waals surface area contributed by atoms with Crippen molar-refractivity contribution in [2.75, 3.05) is 6.61 Å². The molecule has 0 aliphatic carbocycles. The maximum atomic E-state index is 12.7. The number of hydrogen-bond donors (Lipinski definition) is 11. The van der Waals surface area contributed by atoms with Crippen LogP contribution in [0.4, 0.5) is 0 Å². The van der Waals surface area contributed by atoms with E-state index in [2.05, 4.69) is 10.8 Å². The maximum Gasteiger partial charge on any atom is 0.397 e. The van der Waals surface area contributed by atoms with Crippen LogP contribution < -0.4 is 0 Å². The molecule has 0 spiro atoms. The zero-order chi connectivity index (χ0) is 45.0. The van der Waals surface area contributed by atoms with E-state index in [0.29, 0.717) is 44.1 Å². The number of ether oxygens (including phenoxy) is 2. The van der Waals surface area contributed by atoms with Gasteiger partial charge in [-0.25, -0.2) is 8.98 Å². The third kappa shape index (κ3) is 21.6. The predicted octanol–water partition coefficient (Wildman–Crippen LogP) is 1.38. The Hall–Kier alpha value is -2.40. The summed E-state index contributed by atoms with van der Waals surface area (Å²) in [5, 5.41) is 104. The van der Waals surface area contributed by atoms with Gasteiger partial charge in [0.1, 0.15) is 24.4 Å². The lowest BCUT2D eigenvalue weighted by Gasteiger charge is -2.43. The van der Waals surface area contributed by atoms with Gasteiger partial charge in [0, 0.05) is 25.5 Å². The molecule has 0 saturated carbocycles. The summed E-state index contributed by atoms with van der Waals surface area (Å²) >= 11 is 0. The lowest BCUT2D eigenvalue weighted by molar-refractivity contribution is -0.228. The molecule has 1 fully saturated rings. The molecule has 0 aromatic rings. The van der Waals surface area contributed by atoms with Gasteiger partial charge in [0.25, 0.3) is 0 Å². The summed E-state index contributed by atoms with van der Waals surface area (Å²) in [6.07, 6.45) is -1.47. The molecular formula is C42H70O17S. The number of carbonyl (C=O) groups excluding carboxylic acids is 1. The van der Waals surface area contributed by atoms with Gasteiger partial charge in [-0.05, 0) is 96.0 Å². The van der Waals surface area contributed by atoms with Gasteiger partial charge in [-0.1, -0.05) is 55.0 Å². The number of carbonyl (C=O) groups is 1. The van der Waals surface area contributed by atoms with Gasteiger partial charge in [0.2, 0.25) is 0 Å². The summed E-state index contributed by atoms with van der Waals surface area (Å²) in [6.45, 7) is 7.24. The molecule has 11 N–H and O–H groups in total. The normalized spacial score (nSPS) is 32.5. The molecular weight excluding hydrogens is 809 g/mol. The van der Waals surface area contributed by atoms with Crippen molar-refractivity contribution in [1.29, 1.82) is 0 Å². The number of allylic oxidation sites excluding steroid dienone is 4. The van der Waals surface area contributed by atoms with E-state index in [-0.39, 0.29) is 38.0 Å². The van der Waals surface area contributed by atoms with Gasteiger partial charge in [-0.3, -0.25) is 4.55 Å². The number of esters is 1. The van der Waals surface area contributed by atoms with Crippen LogP contribution in [0.1, 0.15) is 104 Å². The second-order valence-electron chi connectivity index (χ2n) is 16.3. The van der Waals surface area contributed by atoms with Crippen LogP contribution in [0.2, 0.25) is 0 Å². The molecule has 18 heteroatoms. The Kier molecular flexibility index (Phi) is 24.7. The van der Waals surface area contributed by atoms with Crippen molar-refractivity contribution in [2.45, 2.75) is 183 Å². The molecule has 2 aliphatic rings. The molecule has 0 aromatic carbocycles. The number of cyclic esters (lactones) is 1. The molecule has 9 unspecified atom stereocenters. The molecule has 14 atom stereocenters. The summed E-state index contributed by atoms with van der Waals surface area (Å²) in [4.78, 5) is 12.7. The molecule has 2 rings (SSSR count). The first-order chi connectivity index (χ1) is 28.2. The van der Waals surface area contributed by atoms with Crippen LogP contribution in [0.3, 0.4) is 0 Å². The van der Waals surface area contributed by atoms with Gasteiger partial charge in [0.05, 0.1) is 54.9 Å². The highest BCUT2D eigenvalue weighted by Gasteiger charge is 2.48. The second-order valence-corrected chi connectivity index (χ2v) is 17.3. The van der Waals surface area contributed by atoms with Crippen LogP contribution >= 0.6 is 0 Å². The van der Waals surface area contributed by atoms with Crippen LogP contribution in [-0.2, 0) is 28.9 Å². The van der Waals surface area contributed by atoms with E-state index >= 15 is 0 Å². The Balaban J connectivity index is 1.97.